The molecule has 0 aliphatic carbocycles. The van der Waals surface area contributed by atoms with Crippen molar-refractivity contribution in [2.24, 2.45) is 0 Å². The molecule has 0 fully saturated rings. The minimum Gasteiger partial charge on any atom is -0.494 e. The highest BCUT2D eigenvalue weighted by Crippen LogP contribution is 2.32. The number of hydrogen-bond donors (Lipinski definition) is 1. The average molecular weight is 266 g/mol. The van der Waals surface area contributed by atoms with Gasteiger partial charge in [0.05, 0.1) is 7.11 Å². The summed E-state index contributed by atoms with van der Waals surface area (Å²) in [6.45, 7) is 4.00. The zero-order valence-electron chi connectivity index (χ0n) is 10.5. The number of methoxy groups -OCH3 is 1. The lowest BCUT2D eigenvalue weighted by atomic mass is 10.1. The van der Waals surface area contributed by atoms with E-state index in [0.717, 1.165) is 15.3 Å². The van der Waals surface area contributed by atoms with E-state index < -0.39 is 11.9 Å². The van der Waals surface area contributed by atoms with Crippen LogP contribution in [-0.2, 0) is 0 Å². The van der Waals surface area contributed by atoms with Crippen LogP contribution in [0.2, 0.25) is 0 Å². The fourth-order valence-electron chi connectivity index (χ4n) is 1.75. The lowest BCUT2D eigenvalue weighted by molar-refractivity contribution is 0.223. The Balaban J connectivity index is 2.33. The van der Waals surface area contributed by atoms with Gasteiger partial charge in [0.25, 0.3) is 0 Å². The maximum atomic E-state index is 13.6. The highest BCUT2D eigenvalue weighted by molar-refractivity contribution is 7.12. The van der Waals surface area contributed by atoms with Crippen LogP contribution in [0, 0.1) is 19.7 Å². The number of aliphatic hydroxyl groups excluding tert-OH is 1. The maximum absolute atomic E-state index is 13.6. The molecule has 2 rings (SSSR count). The summed E-state index contributed by atoms with van der Waals surface area (Å²) in [6, 6.07) is 6.46. The molecule has 0 radical (unpaired) electrons. The molecule has 1 heterocycles. The summed E-state index contributed by atoms with van der Waals surface area (Å²) in [5.41, 5.74) is 1.68. The van der Waals surface area contributed by atoms with E-state index in [2.05, 4.69) is 0 Å². The number of halogens is 1. The van der Waals surface area contributed by atoms with Crippen LogP contribution in [0.1, 0.15) is 27.0 Å². The largest absolute Gasteiger partial charge is 0.494 e. The van der Waals surface area contributed by atoms with Crippen LogP contribution in [0.5, 0.6) is 5.75 Å². The molecule has 0 saturated carbocycles. The highest BCUT2D eigenvalue weighted by atomic mass is 32.1. The molecule has 1 N–H and O–H groups in total. The predicted molar refractivity (Wildman–Crippen MR) is 70.8 cm³/mol. The fraction of sp³-hybridized carbons (Fsp3) is 0.286. The lowest BCUT2D eigenvalue weighted by Crippen LogP contribution is -1.98. The molecule has 18 heavy (non-hydrogen) atoms. The van der Waals surface area contributed by atoms with E-state index in [1.54, 1.807) is 6.07 Å². The van der Waals surface area contributed by atoms with Gasteiger partial charge >= 0.3 is 0 Å². The van der Waals surface area contributed by atoms with Gasteiger partial charge in [-0.05, 0) is 43.2 Å². The minimum atomic E-state index is -0.789. The molecular formula is C14H15FO2S. The van der Waals surface area contributed by atoms with E-state index in [1.165, 1.54) is 30.6 Å². The number of aryl methyl sites for hydroxylation is 2. The Hall–Kier alpha value is -1.39. The van der Waals surface area contributed by atoms with Crippen LogP contribution in [0.15, 0.2) is 24.3 Å². The zero-order chi connectivity index (χ0) is 13.3. The van der Waals surface area contributed by atoms with Gasteiger partial charge in [0.15, 0.2) is 11.6 Å². The maximum Gasteiger partial charge on any atom is 0.165 e. The van der Waals surface area contributed by atoms with Gasteiger partial charge in [0.1, 0.15) is 6.10 Å². The van der Waals surface area contributed by atoms with Crippen molar-refractivity contribution in [3.05, 3.63) is 51.0 Å². The summed E-state index contributed by atoms with van der Waals surface area (Å²) in [7, 11) is 1.42. The lowest BCUT2D eigenvalue weighted by Gasteiger charge is -2.10. The number of thiophene rings is 1. The van der Waals surface area contributed by atoms with Crippen LogP contribution in [0.4, 0.5) is 4.39 Å². The topological polar surface area (TPSA) is 29.5 Å². The van der Waals surface area contributed by atoms with Gasteiger partial charge in [0.2, 0.25) is 0 Å². The summed E-state index contributed by atoms with van der Waals surface area (Å²) in [4.78, 5) is 1.99. The minimum absolute atomic E-state index is 0.185. The van der Waals surface area contributed by atoms with E-state index >= 15 is 0 Å². The fourth-order valence-corrected chi connectivity index (χ4v) is 2.81. The van der Waals surface area contributed by atoms with Crippen molar-refractivity contribution < 1.29 is 14.2 Å². The molecule has 0 bridgehead atoms. The third-order valence-electron chi connectivity index (χ3n) is 2.95. The van der Waals surface area contributed by atoms with Crippen LogP contribution in [0.25, 0.3) is 0 Å². The summed E-state index contributed by atoms with van der Waals surface area (Å²) < 4.78 is 18.4. The van der Waals surface area contributed by atoms with Crippen LogP contribution >= 0.6 is 11.3 Å². The van der Waals surface area contributed by atoms with Crippen molar-refractivity contribution in [3.63, 3.8) is 0 Å². The molecule has 0 aliphatic rings. The van der Waals surface area contributed by atoms with Crippen molar-refractivity contribution in [3.8, 4) is 5.75 Å². The SMILES string of the molecule is COc1ccc(C(O)c2cc(C)c(C)s2)cc1F. The monoisotopic (exact) mass is 266 g/mol. The number of rotatable bonds is 3. The highest BCUT2D eigenvalue weighted by Gasteiger charge is 2.16. The molecule has 2 nitrogen and oxygen atoms in total. The summed E-state index contributed by atoms with van der Waals surface area (Å²) in [5.74, 6) is -0.274. The normalized spacial score (nSPS) is 12.5. The molecule has 0 amide bonds. The van der Waals surface area contributed by atoms with Gasteiger partial charge in [-0.15, -0.1) is 11.3 Å². The second-order valence-electron chi connectivity index (χ2n) is 4.18. The molecule has 0 aliphatic heterocycles. The molecular weight excluding hydrogens is 251 g/mol. The Labute approximate surface area is 110 Å². The zero-order valence-corrected chi connectivity index (χ0v) is 11.3. The van der Waals surface area contributed by atoms with Crippen molar-refractivity contribution >= 4 is 11.3 Å². The summed E-state index contributed by atoms with van der Waals surface area (Å²) in [6.07, 6.45) is -0.789. The van der Waals surface area contributed by atoms with E-state index in [1.807, 2.05) is 19.9 Å². The molecule has 96 valence electrons. The summed E-state index contributed by atoms with van der Waals surface area (Å²) in [5, 5.41) is 10.2. The third kappa shape index (κ3) is 2.40. The smallest absolute Gasteiger partial charge is 0.165 e. The van der Waals surface area contributed by atoms with Gasteiger partial charge in [0, 0.05) is 9.75 Å². The van der Waals surface area contributed by atoms with Crippen LogP contribution < -0.4 is 4.74 Å². The predicted octanol–water partition coefficient (Wildman–Crippen LogP) is 3.59. The standard InChI is InChI=1S/C14H15FO2S/c1-8-6-13(18-9(8)2)14(16)10-4-5-12(17-3)11(15)7-10/h4-7,14,16H,1-3H3. The van der Waals surface area contributed by atoms with Crippen LogP contribution in [-0.4, -0.2) is 12.2 Å². The number of hydrogen-bond acceptors (Lipinski definition) is 3. The number of aliphatic hydroxyl groups is 1. The Kier molecular flexibility index (Phi) is 3.68. The Morgan fingerprint density at radius 1 is 1.28 bits per heavy atom. The quantitative estimate of drug-likeness (QED) is 0.920. The van der Waals surface area contributed by atoms with Crippen molar-refractivity contribution in [2.45, 2.75) is 20.0 Å². The van der Waals surface area contributed by atoms with E-state index in [9.17, 15) is 9.50 Å². The van der Waals surface area contributed by atoms with Crippen molar-refractivity contribution in [2.75, 3.05) is 7.11 Å². The van der Waals surface area contributed by atoms with Gasteiger partial charge < -0.3 is 9.84 Å². The average Bonchev–Trinajstić information content (AvgIpc) is 2.68. The Morgan fingerprint density at radius 2 is 2.00 bits per heavy atom. The first-order chi connectivity index (χ1) is 8.52. The molecule has 4 heteroatoms. The van der Waals surface area contributed by atoms with Gasteiger partial charge in [-0.3, -0.25) is 0 Å². The first kappa shape index (κ1) is 13.1. The molecule has 1 atom stereocenters. The van der Waals surface area contributed by atoms with E-state index in [-0.39, 0.29) is 5.75 Å². The Morgan fingerprint density at radius 3 is 2.50 bits per heavy atom. The third-order valence-corrected chi connectivity index (χ3v) is 4.15. The van der Waals surface area contributed by atoms with Crippen molar-refractivity contribution in [1.29, 1.82) is 0 Å². The number of ether oxygens (including phenoxy) is 1. The second kappa shape index (κ2) is 5.08. The van der Waals surface area contributed by atoms with Gasteiger partial charge in [-0.1, -0.05) is 6.07 Å². The van der Waals surface area contributed by atoms with Crippen molar-refractivity contribution in [1.82, 2.24) is 0 Å². The van der Waals surface area contributed by atoms with E-state index in [0.29, 0.717) is 5.56 Å². The molecule has 1 aromatic heterocycles. The molecule has 0 spiro atoms. The number of benzene rings is 1. The van der Waals surface area contributed by atoms with E-state index in [4.69, 9.17) is 4.74 Å². The molecule has 2 aromatic rings. The van der Waals surface area contributed by atoms with Gasteiger partial charge in [-0.25, -0.2) is 4.39 Å². The first-order valence-electron chi connectivity index (χ1n) is 5.61. The Bertz CT molecular complexity index is 543. The summed E-state index contributed by atoms with van der Waals surface area (Å²) >= 11 is 1.53. The molecule has 1 aromatic carbocycles. The van der Waals surface area contributed by atoms with Gasteiger partial charge in [-0.2, -0.15) is 0 Å². The molecule has 0 saturated heterocycles. The van der Waals surface area contributed by atoms with Crippen LogP contribution in [0.3, 0.4) is 0 Å². The second-order valence-corrected chi connectivity index (χ2v) is 5.47. The first-order valence-corrected chi connectivity index (χ1v) is 6.43. The molecule has 1 unspecified atom stereocenters.